The summed E-state index contributed by atoms with van der Waals surface area (Å²) in [7, 11) is 1.14. The first-order valence-electron chi connectivity index (χ1n) is 31.9. The molecule has 0 aromatic rings. The first kappa shape index (κ1) is 76.1. The second kappa shape index (κ2) is 59.8. The van der Waals surface area contributed by atoms with E-state index in [4.69, 9.17) is 18.5 Å². The molecule has 0 spiro atoms. The van der Waals surface area contributed by atoms with Gasteiger partial charge < -0.3 is 27.9 Å². The average molecular weight is 1130 g/mol. The fourth-order valence-corrected chi connectivity index (χ4v) is 9.00. The topological polar surface area (TPSA) is 111 Å². The second-order valence-electron chi connectivity index (χ2n) is 22.0. The van der Waals surface area contributed by atoms with Crippen molar-refractivity contribution in [3.63, 3.8) is 0 Å². The van der Waals surface area contributed by atoms with Gasteiger partial charge in [-0.05, 0) is 116 Å². The lowest BCUT2D eigenvalue weighted by Crippen LogP contribution is -2.37. The van der Waals surface area contributed by atoms with Gasteiger partial charge >= 0.3 is 11.9 Å². The van der Waals surface area contributed by atoms with Crippen LogP contribution in [-0.2, 0) is 32.7 Å². The van der Waals surface area contributed by atoms with E-state index in [2.05, 4.69) is 148 Å². The number of rotatable bonds is 57. The number of phosphoric ester groups is 1. The summed E-state index contributed by atoms with van der Waals surface area (Å²) in [5, 5.41) is 0. The molecule has 0 bridgehead atoms. The van der Waals surface area contributed by atoms with Crippen LogP contribution in [0.1, 0.15) is 245 Å². The van der Waals surface area contributed by atoms with E-state index in [1.807, 2.05) is 21.1 Å². The molecule has 456 valence electrons. The van der Waals surface area contributed by atoms with E-state index in [9.17, 15) is 19.0 Å². The van der Waals surface area contributed by atoms with Gasteiger partial charge in [0.05, 0.1) is 27.7 Å². The molecule has 10 heteroatoms. The highest BCUT2D eigenvalue weighted by Crippen LogP contribution is 2.38. The Balaban J connectivity index is 4.14. The summed E-state index contributed by atoms with van der Waals surface area (Å²) in [4.78, 5) is 37.9. The summed E-state index contributed by atoms with van der Waals surface area (Å²) in [6.45, 7) is 4.10. The molecule has 80 heavy (non-hydrogen) atoms. The molecule has 0 N–H and O–H groups in total. The first-order chi connectivity index (χ1) is 39.0. The Kier molecular flexibility index (Phi) is 56.9. The van der Waals surface area contributed by atoms with Crippen LogP contribution in [0.2, 0.25) is 0 Å². The van der Waals surface area contributed by atoms with Gasteiger partial charge in [0.15, 0.2) is 6.10 Å². The number of carbonyl (C=O) groups is 2. The molecule has 0 fully saturated rings. The molecule has 0 saturated carbocycles. The van der Waals surface area contributed by atoms with Crippen LogP contribution in [0.25, 0.3) is 0 Å². The number of likely N-dealkylation sites (N-methyl/N-ethyl adjacent to an activating group) is 1. The minimum atomic E-state index is -4.65. The number of esters is 2. The Morgan fingerprint density at radius 2 is 0.713 bits per heavy atom. The molecule has 0 aromatic heterocycles. The molecule has 9 nitrogen and oxygen atoms in total. The maximum Gasteiger partial charge on any atom is 0.306 e. The molecule has 0 aliphatic heterocycles. The number of hydrogen-bond donors (Lipinski definition) is 0. The standard InChI is InChI=1S/C70H118NO8P/c1-6-8-10-12-14-16-18-20-22-24-25-26-27-28-29-30-31-32-33-34-35-36-37-38-39-40-41-42-43-44-45-47-49-51-53-55-57-59-61-63-70(73)79-68(67-78-80(74,75)77-65-64-71(3,4)5)66-76-69(72)62-60-58-56-54-52-50-48-46-23-21-19-17-15-13-11-9-7-2/h8,10,14,16,20-23,25-26,28-29,31-32,34-35,37-38,40-41,43-44,68H,6-7,9,11-13,15,17-19,24,27,30,33,36,39,42,45-67H2,1-5H3/b10-8-,16-14-,22-20-,23-21-,26-25-,29-28-,32-31-,35-34-,38-37-,41-40-,44-43-. The number of allylic oxidation sites excluding steroid dienone is 22. The van der Waals surface area contributed by atoms with Crippen molar-refractivity contribution in [1.82, 2.24) is 0 Å². The van der Waals surface area contributed by atoms with Crippen LogP contribution in [0.3, 0.4) is 0 Å². The summed E-state index contributed by atoms with van der Waals surface area (Å²) >= 11 is 0. The van der Waals surface area contributed by atoms with Gasteiger partial charge in [-0.2, -0.15) is 0 Å². The van der Waals surface area contributed by atoms with Crippen molar-refractivity contribution in [2.45, 2.75) is 251 Å². The number of quaternary nitrogens is 1. The molecule has 0 aromatic carbocycles. The summed E-state index contributed by atoms with van der Waals surface area (Å²) in [6.07, 6.45) is 86.5. The maximum atomic E-state index is 12.8. The van der Waals surface area contributed by atoms with Gasteiger partial charge in [-0.1, -0.05) is 250 Å². The largest absolute Gasteiger partial charge is 0.756 e. The number of hydrogen-bond acceptors (Lipinski definition) is 8. The Bertz CT molecular complexity index is 1810. The van der Waals surface area contributed by atoms with Crippen LogP contribution < -0.4 is 4.89 Å². The molecule has 2 unspecified atom stereocenters. The third-order valence-electron chi connectivity index (χ3n) is 13.2. The third kappa shape index (κ3) is 63.3. The maximum absolute atomic E-state index is 12.8. The minimum Gasteiger partial charge on any atom is -0.756 e. The van der Waals surface area contributed by atoms with Crippen LogP contribution in [0.5, 0.6) is 0 Å². The molecule has 0 rings (SSSR count). The quantitative estimate of drug-likeness (QED) is 0.0195. The lowest BCUT2D eigenvalue weighted by atomic mass is 10.1. The monoisotopic (exact) mass is 1130 g/mol. The number of ether oxygens (including phenoxy) is 2. The Hall–Kier alpha value is -3.85. The zero-order valence-corrected chi connectivity index (χ0v) is 52.6. The fourth-order valence-electron chi connectivity index (χ4n) is 8.27. The molecule has 0 radical (unpaired) electrons. The van der Waals surface area contributed by atoms with E-state index >= 15 is 0 Å². The molecule has 0 aliphatic rings. The zero-order chi connectivity index (χ0) is 58.4. The third-order valence-corrected chi connectivity index (χ3v) is 14.1. The zero-order valence-electron chi connectivity index (χ0n) is 51.7. The predicted octanol–water partition coefficient (Wildman–Crippen LogP) is 19.9. The molecular formula is C70H118NO8P. The van der Waals surface area contributed by atoms with E-state index in [1.165, 1.54) is 89.9 Å². The van der Waals surface area contributed by atoms with Gasteiger partial charge in [0.1, 0.15) is 19.8 Å². The number of nitrogens with zero attached hydrogens (tertiary/aromatic N) is 1. The number of carbonyl (C=O) groups excluding carboxylic acids is 2. The van der Waals surface area contributed by atoms with E-state index in [0.29, 0.717) is 17.4 Å². The summed E-state index contributed by atoms with van der Waals surface area (Å²) in [5.41, 5.74) is 0. The lowest BCUT2D eigenvalue weighted by molar-refractivity contribution is -0.870. The number of phosphoric acid groups is 1. The highest BCUT2D eigenvalue weighted by molar-refractivity contribution is 7.45. The second-order valence-corrected chi connectivity index (χ2v) is 23.4. The van der Waals surface area contributed by atoms with Crippen LogP contribution in [0, 0.1) is 0 Å². The highest BCUT2D eigenvalue weighted by Gasteiger charge is 2.22. The number of unbranched alkanes of at least 4 members (excludes halogenated alkanes) is 21. The average Bonchev–Trinajstić information content (AvgIpc) is 3.42. The smallest absolute Gasteiger partial charge is 0.306 e. The molecule has 0 heterocycles. The normalized spacial score (nSPS) is 14.1. The van der Waals surface area contributed by atoms with Crippen LogP contribution >= 0.6 is 7.82 Å². The Labute approximate surface area is 491 Å². The minimum absolute atomic E-state index is 0.0391. The molecule has 0 aliphatic carbocycles. The molecule has 0 amide bonds. The summed E-state index contributed by atoms with van der Waals surface area (Å²) in [6, 6.07) is 0. The van der Waals surface area contributed by atoms with Crippen LogP contribution in [0.15, 0.2) is 134 Å². The summed E-state index contributed by atoms with van der Waals surface area (Å²) in [5.74, 6) is -0.853. The predicted molar refractivity (Wildman–Crippen MR) is 341 cm³/mol. The molecular weight excluding hydrogens is 1010 g/mol. The van der Waals surface area contributed by atoms with Gasteiger partial charge in [0, 0.05) is 12.8 Å². The Morgan fingerprint density at radius 3 is 1.07 bits per heavy atom. The van der Waals surface area contributed by atoms with Crippen molar-refractivity contribution in [3.8, 4) is 0 Å². The molecule has 0 saturated heterocycles. The van der Waals surface area contributed by atoms with Crippen molar-refractivity contribution in [3.05, 3.63) is 134 Å². The fraction of sp³-hybridized carbons (Fsp3) is 0.657. The van der Waals surface area contributed by atoms with E-state index < -0.39 is 32.5 Å². The van der Waals surface area contributed by atoms with Crippen molar-refractivity contribution in [1.29, 1.82) is 0 Å². The first-order valence-corrected chi connectivity index (χ1v) is 33.4. The van der Waals surface area contributed by atoms with E-state index in [0.717, 1.165) is 122 Å². The van der Waals surface area contributed by atoms with E-state index in [-0.39, 0.29) is 26.1 Å². The van der Waals surface area contributed by atoms with Crippen molar-refractivity contribution < 1.29 is 42.1 Å². The van der Waals surface area contributed by atoms with Gasteiger partial charge in [-0.3, -0.25) is 14.2 Å². The van der Waals surface area contributed by atoms with E-state index in [1.54, 1.807) is 0 Å². The van der Waals surface area contributed by atoms with Crippen LogP contribution in [-0.4, -0.2) is 70.0 Å². The van der Waals surface area contributed by atoms with Gasteiger partial charge in [-0.15, -0.1) is 0 Å². The molecule has 2 atom stereocenters. The van der Waals surface area contributed by atoms with Crippen molar-refractivity contribution in [2.24, 2.45) is 0 Å². The SMILES string of the molecule is CC/C=C\C/C=C\C/C=C\C/C=C\C/C=C\C/C=C\C/C=C\C/C=C\C/C=C\C/C=C\CCCCCCCCCCC(=O)OC(COC(=O)CCCCCCCCC/C=C\CCCCCCCC)COP(=O)([O-])OCC[N+](C)(C)C. The summed E-state index contributed by atoms with van der Waals surface area (Å²) < 4.78 is 34.2. The lowest BCUT2D eigenvalue weighted by Gasteiger charge is -2.28. The highest BCUT2D eigenvalue weighted by atomic mass is 31.2. The van der Waals surface area contributed by atoms with Crippen molar-refractivity contribution in [2.75, 3.05) is 47.5 Å². The Morgan fingerprint density at radius 1 is 0.400 bits per heavy atom. The van der Waals surface area contributed by atoms with Crippen LogP contribution in [0.4, 0.5) is 0 Å². The van der Waals surface area contributed by atoms with Gasteiger partial charge in [0.2, 0.25) is 0 Å². The van der Waals surface area contributed by atoms with Crippen molar-refractivity contribution >= 4 is 19.8 Å². The van der Waals surface area contributed by atoms with Gasteiger partial charge in [0.25, 0.3) is 7.82 Å². The van der Waals surface area contributed by atoms with Gasteiger partial charge in [-0.25, -0.2) is 0 Å².